The van der Waals surface area contributed by atoms with Crippen LogP contribution >= 0.6 is 11.3 Å². The number of nitrogens with zero attached hydrogens (tertiary/aromatic N) is 4. The van der Waals surface area contributed by atoms with E-state index in [4.69, 9.17) is 23.7 Å². The molecule has 0 unspecified atom stereocenters. The van der Waals surface area contributed by atoms with Gasteiger partial charge in [0.1, 0.15) is 10.8 Å². The highest BCUT2D eigenvalue weighted by Gasteiger charge is 2.20. The van der Waals surface area contributed by atoms with Gasteiger partial charge in [0, 0.05) is 5.56 Å². The van der Waals surface area contributed by atoms with Crippen molar-refractivity contribution < 1.29 is 18.6 Å². The minimum atomic E-state index is 0.518. The molecule has 9 heteroatoms. The van der Waals surface area contributed by atoms with Gasteiger partial charge in [-0.3, -0.25) is 0 Å². The van der Waals surface area contributed by atoms with Gasteiger partial charge >= 0.3 is 0 Å². The molecular weight excluding hydrogens is 392 g/mol. The fraction of sp³-hybridized carbons (Fsp3) is 0.350. The number of hydrogen-bond acceptors (Lipinski definition) is 8. The second-order valence-electron chi connectivity index (χ2n) is 6.12. The third-order valence-electron chi connectivity index (χ3n) is 4.25. The molecule has 0 N–H and O–H groups in total. The molecule has 0 amide bonds. The fourth-order valence-corrected chi connectivity index (χ4v) is 3.86. The van der Waals surface area contributed by atoms with Crippen LogP contribution in [0, 0.1) is 6.92 Å². The van der Waals surface area contributed by atoms with Gasteiger partial charge in [-0.2, -0.15) is 9.61 Å². The van der Waals surface area contributed by atoms with E-state index in [0.717, 1.165) is 21.9 Å². The van der Waals surface area contributed by atoms with Gasteiger partial charge in [0.05, 0.1) is 31.6 Å². The average Bonchev–Trinajstić information content (AvgIpc) is 3.40. The Labute approximate surface area is 172 Å². The summed E-state index contributed by atoms with van der Waals surface area (Å²) in [5.41, 5.74) is 1.73. The SMILES string of the molecule is CCOc1cc(-c2nn3c(-c4ccoc4C)nnc3s2)cc(OCC)c1OCC. The summed E-state index contributed by atoms with van der Waals surface area (Å²) in [5, 5.41) is 14.0. The molecule has 3 heterocycles. The van der Waals surface area contributed by atoms with E-state index in [1.807, 2.05) is 45.9 Å². The van der Waals surface area contributed by atoms with E-state index in [2.05, 4.69) is 10.2 Å². The number of aryl methyl sites for hydroxylation is 1. The van der Waals surface area contributed by atoms with Crippen molar-refractivity contribution in [1.29, 1.82) is 0 Å². The standard InChI is InChI=1S/C20H22N4O4S/c1-5-25-15-10-13(11-16(26-6-2)17(15)27-7-3)19-23-24-18(21-22-20(24)29-19)14-8-9-28-12(14)4/h8-11H,5-7H2,1-4H3. The molecule has 0 saturated heterocycles. The number of fused-ring (bicyclic) bond motifs is 1. The first-order valence-corrected chi connectivity index (χ1v) is 10.3. The molecule has 0 bridgehead atoms. The van der Waals surface area contributed by atoms with Crippen LogP contribution < -0.4 is 14.2 Å². The van der Waals surface area contributed by atoms with E-state index in [1.54, 1.807) is 10.8 Å². The van der Waals surface area contributed by atoms with Crippen molar-refractivity contribution >= 4 is 16.3 Å². The molecule has 152 valence electrons. The Hall–Kier alpha value is -3.07. The lowest BCUT2D eigenvalue weighted by Crippen LogP contribution is -2.03. The molecule has 0 aliphatic rings. The summed E-state index contributed by atoms with van der Waals surface area (Å²) in [4.78, 5) is 0.695. The zero-order chi connectivity index (χ0) is 20.4. The third-order valence-corrected chi connectivity index (χ3v) is 5.19. The van der Waals surface area contributed by atoms with Gasteiger partial charge in [-0.15, -0.1) is 10.2 Å². The Kier molecular flexibility index (Phi) is 5.39. The largest absolute Gasteiger partial charge is 0.490 e. The Morgan fingerprint density at radius 3 is 2.28 bits per heavy atom. The monoisotopic (exact) mass is 414 g/mol. The molecule has 1 aromatic carbocycles. The lowest BCUT2D eigenvalue weighted by atomic mass is 10.2. The van der Waals surface area contributed by atoms with Crippen molar-refractivity contribution in [2.75, 3.05) is 19.8 Å². The third kappa shape index (κ3) is 3.53. The van der Waals surface area contributed by atoms with Gasteiger partial charge in [0.25, 0.3) is 0 Å². The van der Waals surface area contributed by atoms with E-state index >= 15 is 0 Å². The lowest BCUT2D eigenvalue weighted by Gasteiger charge is -2.16. The number of aromatic nitrogens is 4. The molecule has 3 aromatic heterocycles. The molecule has 0 spiro atoms. The van der Waals surface area contributed by atoms with Crippen LogP contribution in [0.4, 0.5) is 0 Å². The van der Waals surface area contributed by atoms with Gasteiger partial charge in [0.2, 0.25) is 10.7 Å². The Balaban J connectivity index is 1.82. The second kappa shape index (κ2) is 8.12. The maximum atomic E-state index is 5.82. The number of furan rings is 1. The van der Waals surface area contributed by atoms with Crippen LogP contribution in [0.2, 0.25) is 0 Å². The van der Waals surface area contributed by atoms with Crippen LogP contribution in [0.3, 0.4) is 0 Å². The van der Waals surface area contributed by atoms with Crippen LogP contribution in [-0.4, -0.2) is 39.6 Å². The molecule has 0 aliphatic heterocycles. The molecule has 8 nitrogen and oxygen atoms in total. The summed E-state index contributed by atoms with van der Waals surface area (Å²) in [7, 11) is 0. The highest BCUT2D eigenvalue weighted by molar-refractivity contribution is 7.19. The van der Waals surface area contributed by atoms with E-state index in [-0.39, 0.29) is 0 Å². The van der Waals surface area contributed by atoms with Crippen LogP contribution in [0.25, 0.3) is 26.9 Å². The number of benzene rings is 1. The van der Waals surface area contributed by atoms with E-state index in [0.29, 0.717) is 47.9 Å². The van der Waals surface area contributed by atoms with Crippen molar-refractivity contribution in [1.82, 2.24) is 19.8 Å². The molecule has 0 atom stereocenters. The topological polar surface area (TPSA) is 83.9 Å². The van der Waals surface area contributed by atoms with E-state index < -0.39 is 0 Å². The molecule has 4 aromatic rings. The summed E-state index contributed by atoms with van der Waals surface area (Å²) in [6.07, 6.45) is 1.63. The second-order valence-corrected chi connectivity index (χ2v) is 7.07. The predicted octanol–water partition coefficient (Wildman–Crippen LogP) is 4.62. The van der Waals surface area contributed by atoms with Crippen LogP contribution in [-0.2, 0) is 0 Å². The fourth-order valence-electron chi connectivity index (χ4n) is 3.03. The zero-order valence-electron chi connectivity index (χ0n) is 16.8. The predicted molar refractivity (Wildman–Crippen MR) is 110 cm³/mol. The van der Waals surface area contributed by atoms with Crippen molar-refractivity contribution in [3.05, 3.63) is 30.2 Å². The van der Waals surface area contributed by atoms with Crippen molar-refractivity contribution in [2.24, 2.45) is 0 Å². The minimum Gasteiger partial charge on any atom is -0.490 e. The minimum absolute atomic E-state index is 0.518. The van der Waals surface area contributed by atoms with Gasteiger partial charge < -0.3 is 18.6 Å². The summed E-state index contributed by atoms with van der Waals surface area (Å²) >= 11 is 1.44. The quantitative estimate of drug-likeness (QED) is 0.416. The van der Waals surface area contributed by atoms with Crippen molar-refractivity contribution in [2.45, 2.75) is 27.7 Å². The Morgan fingerprint density at radius 2 is 1.69 bits per heavy atom. The average molecular weight is 414 g/mol. The molecular formula is C20H22N4O4S. The lowest BCUT2D eigenvalue weighted by molar-refractivity contribution is 0.261. The maximum Gasteiger partial charge on any atom is 0.235 e. The summed E-state index contributed by atoms with van der Waals surface area (Å²) in [5.74, 6) is 3.29. The summed E-state index contributed by atoms with van der Waals surface area (Å²) in [6, 6.07) is 5.71. The number of ether oxygens (including phenoxy) is 3. The first-order chi connectivity index (χ1) is 14.2. The number of rotatable bonds is 8. The molecule has 0 aliphatic carbocycles. The summed E-state index contributed by atoms with van der Waals surface area (Å²) in [6.45, 7) is 9.25. The van der Waals surface area contributed by atoms with Gasteiger partial charge in [-0.25, -0.2) is 0 Å². The highest BCUT2D eigenvalue weighted by Crippen LogP contribution is 2.43. The highest BCUT2D eigenvalue weighted by atomic mass is 32.1. The normalized spacial score (nSPS) is 11.2. The van der Waals surface area contributed by atoms with Crippen LogP contribution in [0.15, 0.2) is 28.9 Å². The first kappa shape index (κ1) is 19.3. The molecule has 0 radical (unpaired) electrons. The first-order valence-electron chi connectivity index (χ1n) is 9.49. The number of hydrogen-bond donors (Lipinski definition) is 0. The van der Waals surface area contributed by atoms with Gasteiger partial charge in [-0.05, 0) is 45.9 Å². The van der Waals surface area contributed by atoms with Crippen molar-refractivity contribution in [3.63, 3.8) is 0 Å². The Morgan fingerprint density at radius 1 is 1.00 bits per heavy atom. The maximum absolute atomic E-state index is 5.82. The molecule has 4 rings (SSSR count). The molecule has 0 fully saturated rings. The van der Waals surface area contributed by atoms with Crippen LogP contribution in [0.1, 0.15) is 26.5 Å². The zero-order valence-corrected chi connectivity index (χ0v) is 17.6. The van der Waals surface area contributed by atoms with Gasteiger partial charge in [0.15, 0.2) is 17.3 Å². The van der Waals surface area contributed by atoms with E-state index in [1.165, 1.54) is 11.3 Å². The van der Waals surface area contributed by atoms with Crippen LogP contribution in [0.5, 0.6) is 17.2 Å². The Bertz CT molecular complexity index is 1100. The molecule has 0 saturated carbocycles. The van der Waals surface area contributed by atoms with Crippen molar-refractivity contribution in [3.8, 4) is 39.2 Å². The summed E-state index contributed by atoms with van der Waals surface area (Å²) < 4.78 is 24.5. The molecule has 29 heavy (non-hydrogen) atoms. The smallest absolute Gasteiger partial charge is 0.235 e. The van der Waals surface area contributed by atoms with Gasteiger partial charge in [-0.1, -0.05) is 11.3 Å². The van der Waals surface area contributed by atoms with E-state index in [9.17, 15) is 0 Å².